The van der Waals surface area contributed by atoms with Crippen LogP contribution in [0.3, 0.4) is 0 Å². The van der Waals surface area contributed by atoms with Gasteiger partial charge < -0.3 is 10.1 Å². The lowest BCUT2D eigenvalue weighted by atomic mass is 10.1. The summed E-state index contributed by atoms with van der Waals surface area (Å²) >= 11 is 6.20. The van der Waals surface area contributed by atoms with Crippen molar-refractivity contribution in [3.05, 3.63) is 77.4 Å². The Balaban J connectivity index is 1.38. The fourth-order valence-corrected chi connectivity index (χ4v) is 3.63. The van der Waals surface area contributed by atoms with Crippen LogP contribution in [-0.2, 0) is 11.2 Å². The van der Waals surface area contributed by atoms with Gasteiger partial charge in [0.15, 0.2) is 0 Å². The molecule has 1 fully saturated rings. The Bertz CT molecular complexity index is 1090. The number of hydrogen-bond donors (Lipinski definition) is 1. The summed E-state index contributed by atoms with van der Waals surface area (Å²) in [6.45, 7) is 1.13. The van der Waals surface area contributed by atoms with Crippen LogP contribution in [0.15, 0.2) is 66.9 Å². The van der Waals surface area contributed by atoms with Gasteiger partial charge in [0.25, 0.3) is 0 Å². The average molecular weight is 437 g/mol. The van der Waals surface area contributed by atoms with E-state index in [1.54, 1.807) is 53.4 Å². The van der Waals surface area contributed by atoms with E-state index in [4.69, 9.17) is 16.3 Å². The van der Waals surface area contributed by atoms with Gasteiger partial charge in [0.2, 0.25) is 5.91 Å². The highest BCUT2D eigenvalue weighted by molar-refractivity contribution is 6.31. The number of urea groups is 1. The molecule has 3 amide bonds. The number of carbonyl (C=O) groups is 2. The number of aromatic nitrogens is 1. The van der Waals surface area contributed by atoms with Crippen LogP contribution in [0.4, 0.5) is 22.0 Å². The van der Waals surface area contributed by atoms with Gasteiger partial charge in [-0.2, -0.15) is 0 Å². The second-order valence-electron chi connectivity index (χ2n) is 7.01. The number of anilines is 3. The van der Waals surface area contributed by atoms with E-state index in [9.17, 15) is 9.59 Å². The topological polar surface area (TPSA) is 74.8 Å². The lowest BCUT2D eigenvalue weighted by Gasteiger charge is -2.18. The molecule has 1 aliphatic heterocycles. The van der Waals surface area contributed by atoms with Crippen LogP contribution in [0, 0.1) is 0 Å². The highest BCUT2D eigenvalue weighted by Crippen LogP contribution is 2.25. The molecule has 1 aromatic heterocycles. The van der Waals surface area contributed by atoms with Gasteiger partial charge in [0.1, 0.15) is 11.6 Å². The summed E-state index contributed by atoms with van der Waals surface area (Å²) in [5, 5.41) is 3.28. The number of nitrogens with zero attached hydrogens (tertiary/aromatic N) is 3. The van der Waals surface area contributed by atoms with Gasteiger partial charge in [-0.25, -0.2) is 9.78 Å². The Kier molecular flexibility index (Phi) is 6.04. The summed E-state index contributed by atoms with van der Waals surface area (Å²) in [6, 6.07) is 18.1. The third kappa shape index (κ3) is 4.62. The Morgan fingerprint density at radius 2 is 1.87 bits per heavy atom. The van der Waals surface area contributed by atoms with Crippen LogP contribution in [0.25, 0.3) is 0 Å². The smallest absolute Gasteiger partial charge is 0.330 e. The van der Waals surface area contributed by atoms with E-state index < -0.39 is 0 Å². The number of ether oxygens (including phenoxy) is 1. The van der Waals surface area contributed by atoms with Crippen molar-refractivity contribution in [2.75, 3.05) is 35.3 Å². The quantitative estimate of drug-likeness (QED) is 0.622. The third-order valence-corrected chi connectivity index (χ3v) is 5.35. The molecular formula is C23H21ClN4O3. The van der Waals surface area contributed by atoms with E-state index in [-0.39, 0.29) is 18.4 Å². The van der Waals surface area contributed by atoms with Crippen LogP contribution >= 0.6 is 11.6 Å². The normalized spacial score (nSPS) is 13.4. The van der Waals surface area contributed by atoms with Crippen molar-refractivity contribution in [1.29, 1.82) is 0 Å². The lowest BCUT2D eigenvalue weighted by Crippen LogP contribution is -2.32. The molecule has 0 unspecified atom stereocenters. The van der Waals surface area contributed by atoms with E-state index in [1.807, 2.05) is 30.3 Å². The Hall–Kier alpha value is -3.58. The number of carbonyl (C=O) groups excluding carboxylic acids is 2. The predicted molar refractivity (Wildman–Crippen MR) is 121 cm³/mol. The fraction of sp³-hybridized carbons (Fsp3) is 0.174. The molecule has 0 radical (unpaired) electrons. The molecule has 4 rings (SSSR count). The summed E-state index contributed by atoms with van der Waals surface area (Å²) in [5.41, 5.74) is 2.11. The van der Waals surface area contributed by atoms with Gasteiger partial charge in [-0.15, -0.1) is 0 Å². The molecule has 0 aliphatic carbocycles. The van der Waals surface area contributed by atoms with E-state index in [1.165, 1.54) is 0 Å². The molecule has 0 bridgehead atoms. The molecule has 0 saturated carbocycles. The second kappa shape index (κ2) is 9.06. The second-order valence-corrected chi connectivity index (χ2v) is 7.42. The van der Waals surface area contributed by atoms with Crippen LogP contribution in [-0.4, -0.2) is 37.1 Å². The number of benzene rings is 2. The highest BCUT2D eigenvalue weighted by Gasteiger charge is 2.31. The highest BCUT2D eigenvalue weighted by atomic mass is 35.5. The molecule has 0 atom stereocenters. The lowest BCUT2D eigenvalue weighted by molar-refractivity contribution is -0.115. The number of rotatable bonds is 6. The predicted octanol–water partition coefficient (Wildman–Crippen LogP) is 4.37. The number of hydrogen-bond acceptors (Lipinski definition) is 4. The molecule has 2 heterocycles. The maximum atomic E-state index is 12.8. The van der Waals surface area contributed by atoms with Gasteiger partial charge in [0.05, 0.1) is 25.4 Å². The van der Waals surface area contributed by atoms with Crippen molar-refractivity contribution in [1.82, 2.24) is 4.98 Å². The number of nitrogens with one attached hydrogen (secondary N) is 1. The molecule has 0 spiro atoms. The number of methoxy groups -OCH3 is 1. The summed E-state index contributed by atoms with van der Waals surface area (Å²) in [6.07, 6.45) is 1.67. The van der Waals surface area contributed by atoms with Crippen LogP contribution in [0.5, 0.6) is 5.75 Å². The average Bonchev–Trinajstić information content (AvgIpc) is 3.17. The zero-order valence-corrected chi connectivity index (χ0v) is 17.7. The monoisotopic (exact) mass is 436 g/mol. The van der Waals surface area contributed by atoms with Crippen molar-refractivity contribution in [2.45, 2.75) is 6.42 Å². The molecule has 3 aromatic rings. The summed E-state index contributed by atoms with van der Waals surface area (Å²) in [4.78, 5) is 32.9. The van der Waals surface area contributed by atoms with Gasteiger partial charge >= 0.3 is 6.03 Å². The summed E-state index contributed by atoms with van der Waals surface area (Å²) in [5.74, 6) is 0.963. The summed E-state index contributed by atoms with van der Waals surface area (Å²) < 4.78 is 5.12. The molecule has 2 aromatic carbocycles. The van der Waals surface area contributed by atoms with Crippen LogP contribution in [0.1, 0.15) is 5.56 Å². The first-order valence-corrected chi connectivity index (χ1v) is 10.2. The molecule has 1 N–H and O–H groups in total. The first-order chi connectivity index (χ1) is 15.0. The van der Waals surface area contributed by atoms with Gasteiger partial charge in [0, 0.05) is 23.8 Å². The molecule has 158 valence electrons. The Morgan fingerprint density at radius 1 is 1.10 bits per heavy atom. The summed E-state index contributed by atoms with van der Waals surface area (Å²) in [7, 11) is 1.56. The zero-order chi connectivity index (χ0) is 21.8. The number of para-hydroxylation sites is 1. The van der Waals surface area contributed by atoms with E-state index in [0.29, 0.717) is 40.9 Å². The Labute approximate surface area is 185 Å². The molecule has 8 heteroatoms. The first-order valence-electron chi connectivity index (χ1n) is 9.77. The fourth-order valence-electron chi connectivity index (χ4n) is 3.39. The largest absolute Gasteiger partial charge is 0.497 e. The molecule has 31 heavy (non-hydrogen) atoms. The van der Waals surface area contributed by atoms with Crippen molar-refractivity contribution in [2.24, 2.45) is 0 Å². The zero-order valence-electron chi connectivity index (χ0n) is 16.9. The van der Waals surface area contributed by atoms with Crippen molar-refractivity contribution in [3.8, 4) is 5.75 Å². The van der Waals surface area contributed by atoms with Crippen molar-refractivity contribution in [3.63, 3.8) is 0 Å². The minimum atomic E-state index is -0.214. The first kappa shape index (κ1) is 20.7. The number of pyridine rings is 1. The van der Waals surface area contributed by atoms with Gasteiger partial charge in [-0.1, -0.05) is 35.9 Å². The van der Waals surface area contributed by atoms with Gasteiger partial charge in [-0.3, -0.25) is 14.6 Å². The Morgan fingerprint density at radius 3 is 2.55 bits per heavy atom. The molecule has 1 aliphatic rings. The minimum Gasteiger partial charge on any atom is -0.497 e. The third-order valence-electron chi connectivity index (χ3n) is 5.00. The van der Waals surface area contributed by atoms with Gasteiger partial charge in [-0.05, 0) is 42.0 Å². The van der Waals surface area contributed by atoms with E-state index in [0.717, 1.165) is 5.69 Å². The molecule has 7 nitrogen and oxygen atoms in total. The SMILES string of the molecule is COc1ccc(CC(=O)Nc2ccc(N3CCN(c4ccccc4)C3=O)nc2)c(Cl)c1. The van der Waals surface area contributed by atoms with E-state index in [2.05, 4.69) is 10.3 Å². The maximum Gasteiger partial charge on any atom is 0.330 e. The van der Waals surface area contributed by atoms with E-state index >= 15 is 0 Å². The number of halogens is 1. The van der Waals surface area contributed by atoms with Crippen molar-refractivity contribution >= 4 is 40.7 Å². The maximum absolute atomic E-state index is 12.8. The number of amides is 3. The molecular weight excluding hydrogens is 416 g/mol. The van der Waals surface area contributed by atoms with Crippen LogP contribution < -0.4 is 19.9 Å². The van der Waals surface area contributed by atoms with Crippen LogP contribution in [0.2, 0.25) is 5.02 Å². The molecule has 1 saturated heterocycles. The van der Waals surface area contributed by atoms with Crippen molar-refractivity contribution < 1.29 is 14.3 Å². The standard InChI is InChI=1S/C23H21ClN4O3/c1-31-19-9-7-16(20(24)14-19)13-22(29)26-17-8-10-21(25-15-17)28-12-11-27(23(28)30)18-5-3-2-4-6-18/h2-10,14-15H,11-13H2,1H3,(H,26,29). The minimum absolute atomic E-state index is 0.121.